The van der Waals surface area contributed by atoms with Crippen LogP contribution in [0.4, 0.5) is 15.8 Å². The molecule has 0 amide bonds. The highest BCUT2D eigenvalue weighted by atomic mass is 127. The SMILES string of the molecule is Cc1cnc(CNc2cc(F)c(I)cc2N)cn1. The van der Waals surface area contributed by atoms with Gasteiger partial charge in [-0.1, -0.05) is 0 Å². The van der Waals surface area contributed by atoms with Gasteiger partial charge in [0.2, 0.25) is 0 Å². The minimum Gasteiger partial charge on any atom is -0.397 e. The molecule has 0 aliphatic carbocycles. The Morgan fingerprint density at radius 3 is 2.78 bits per heavy atom. The lowest BCUT2D eigenvalue weighted by atomic mass is 10.2. The van der Waals surface area contributed by atoms with Crippen molar-refractivity contribution in [3.05, 3.63) is 45.3 Å². The Labute approximate surface area is 118 Å². The number of nitrogens with two attached hydrogens (primary N) is 1. The number of hydrogen-bond donors (Lipinski definition) is 2. The summed E-state index contributed by atoms with van der Waals surface area (Å²) in [5.41, 5.74) is 8.52. The van der Waals surface area contributed by atoms with Crippen molar-refractivity contribution in [3.8, 4) is 0 Å². The van der Waals surface area contributed by atoms with E-state index in [1.54, 1.807) is 18.5 Å². The average molecular weight is 358 g/mol. The van der Waals surface area contributed by atoms with Crippen LogP contribution < -0.4 is 11.1 Å². The number of nitrogens with zero attached hydrogens (tertiary/aromatic N) is 2. The van der Waals surface area contributed by atoms with E-state index < -0.39 is 0 Å². The summed E-state index contributed by atoms with van der Waals surface area (Å²) in [6, 6.07) is 2.98. The van der Waals surface area contributed by atoms with Crippen LogP contribution in [0.3, 0.4) is 0 Å². The smallest absolute Gasteiger partial charge is 0.138 e. The summed E-state index contributed by atoms with van der Waals surface area (Å²) < 4.78 is 13.9. The van der Waals surface area contributed by atoms with E-state index in [0.717, 1.165) is 11.4 Å². The number of hydrogen-bond acceptors (Lipinski definition) is 4. The van der Waals surface area contributed by atoms with Crippen LogP contribution >= 0.6 is 22.6 Å². The molecule has 4 nitrogen and oxygen atoms in total. The Kier molecular flexibility index (Phi) is 3.95. The molecule has 94 valence electrons. The summed E-state index contributed by atoms with van der Waals surface area (Å²) in [5, 5.41) is 3.05. The zero-order valence-electron chi connectivity index (χ0n) is 9.74. The van der Waals surface area contributed by atoms with Gasteiger partial charge in [0.1, 0.15) is 5.82 Å². The zero-order valence-corrected chi connectivity index (χ0v) is 11.9. The van der Waals surface area contributed by atoms with Crippen LogP contribution in [0.15, 0.2) is 24.5 Å². The number of aromatic nitrogens is 2. The molecule has 6 heteroatoms. The van der Waals surface area contributed by atoms with Crippen LogP contribution in [0.1, 0.15) is 11.4 Å². The van der Waals surface area contributed by atoms with Crippen LogP contribution in [0, 0.1) is 16.3 Å². The van der Waals surface area contributed by atoms with Gasteiger partial charge >= 0.3 is 0 Å². The fraction of sp³-hybridized carbons (Fsp3) is 0.167. The van der Waals surface area contributed by atoms with Crippen molar-refractivity contribution in [2.45, 2.75) is 13.5 Å². The highest BCUT2D eigenvalue weighted by Gasteiger charge is 2.06. The van der Waals surface area contributed by atoms with Crippen molar-refractivity contribution in [1.82, 2.24) is 9.97 Å². The summed E-state index contributed by atoms with van der Waals surface area (Å²) in [6.07, 6.45) is 3.37. The molecule has 3 N–H and O–H groups in total. The Hall–Kier alpha value is -1.44. The normalized spacial score (nSPS) is 10.4. The van der Waals surface area contributed by atoms with Gasteiger partial charge in [0.05, 0.1) is 39.1 Å². The lowest BCUT2D eigenvalue weighted by Crippen LogP contribution is -2.05. The Balaban J connectivity index is 2.10. The molecule has 0 radical (unpaired) electrons. The molecule has 0 saturated carbocycles. The predicted molar refractivity (Wildman–Crippen MR) is 77.6 cm³/mol. The van der Waals surface area contributed by atoms with E-state index in [1.807, 2.05) is 29.5 Å². The Morgan fingerprint density at radius 2 is 2.11 bits per heavy atom. The number of nitrogens with one attached hydrogen (secondary N) is 1. The molecule has 0 aliphatic rings. The van der Waals surface area contributed by atoms with Crippen LogP contribution in [0.25, 0.3) is 0 Å². The van der Waals surface area contributed by atoms with Gasteiger partial charge in [-0.25, -0.2) is 4.39 Å². The largest absolute Gasteiger partial charge is 0.397 e. The van der Waals surface area contributed by atoms with Gasteiger partial charge < -0.3 is 11.1 Å². The van der Waals surface area contributed by atoms with Crippen LogP contribution in [-0.2, 0) is 6.54 Å². The lowest BCUT2D eigenvalue weighted by molar-refractivity contribution is 0.621. The van der Waals surface area contributed by atoms with Crippen LogP contribution in [-0.4, -0.2) is 9.97 Å². The molecule has 0 spiro atoms. The standard InChI is InChI=1S/C12H12FIN4/c1-7-4-17-8(5-16-7)6-18-12-2-9(13)10(14)3-11(12)15/h2-5,18H,6,15H2,1H3. The summed E-state index contributed by atoms with van der Waals surface area (Å²) in [4.78, 5) is 8.34. The van der Waals surface area contributed by atoms with Crippen molar-refractivity contribution in [2.24, 2.45) is 0 Å². The number of rotatable bonds is 3. The third kappa shape index (κ3) is 3.06. The van der Waals surface area contributed by atoms with Crippen molar-refractivity contribution in [1.29, 1.82) is 0 Å². The molecule has 0 saturated heterocycles. The molecule has 18 heavy (non-hydrogen) atoms. The van der Waals surface area contributed by atoms with Crippen molar-refractivity contribution >= 4 is 34.0 Å². The van der Waals surface area contributed by atoms with E-state index in [-0.39, 0.29) is 5.82 Å². The van der Waals surface area contributed by atoms with Gasteiger partial charge in [0, 0.05) is 12.3 Å². The Bertz CT molecular complexity index is 557. The predicted octanol–water partition coefficient (Wildman–Crippen LogP) is 2.72. The van der Waals surface area contributed by atoms with E-state index in [9.17, 15) is 4.39 Å². The van der Waals surface area contributed by atoms with Crippen molar-refractivity contribution in [2.75, 3.05) is 11.1 Å². The van der Waals surface area contributed by atoms with Crippen molar-refractivity contribution < 1.29 is 4.39 Å². The minimum atomic E-state index is -0.290. The fourth-order valence-corrected chi connectivity index (χ4v) is 1.90. The van der Waals surface area contributed by atoms with E-state index in [4.69, 9.17) is 5.73 Å². The number of anilines is 2. The second-order valence-corrected chi connectivity index (χ2v) is 5.02. The maximum Gasteiger partial charge on any atom is 0.138 e. The van der Waals surface area contributed by atoms with E-state index in [0.29, 0.717) is 21.5 Å². The number of aryl methyl sites for hydroxylation is 1. The third-order valence-corrected chi connectivity index (χ3v) is 3.21. The van der Waals surface area contributed by atoms with E-state index in [2.05, 4.69) is 15.3 Å². The first kappa shape index (κ1) is 13.0. The topological polar surface area (TPSA) is 63.8 Å². The first-order valence-corrected chi connectivity index (χ1v) is 6.40. The number of halogens is 2. The highest BCUT2D eigenvalue weighted by Crippen LogP contribution is 2.24. The molecule has 1 aromatic carbocycles. The second kappa shape index (κ2) is 5.47. The quantitative estimate of drug-likeness (QED) is 0.654. The molecule has 2 rings (SSSR count). The lowest BCUT2D eigenvalue weighted by Gasteiger charge is -2.09. The van der Waals surface area contributed by atoms with Gasteiger partial charge in [-0.3, -0.25) is 9.97 Å². The second-order valence-electron chi connectivity index (χ2n) is 3.86. The summed E-state index contributed by atoms with van der Waals surface area (Å²) in [5.74, 6) is -0.290. The third-order valence-electron chi connectivity index (χ3n) is 2.39. The first-order valence-electron chi connectivity index (χ1n) is 5.32. The summed E-state index contributed by atoms with van der Waals surface area (Å²) in [7, 11) is 0. The monoisotopic (exact) mass is 358 g/mol. The molecule has 0 unspecified atom stereocenters. The van der Waals surface area contributed by atoms with Gasteiger partial charge in [-0.05, 0) is 35.6 Å². The molecule has 0 bridgehead atoms. The zero-order chi connectivity index (χ0) is 13.1. The van der Waals surface area contributed by atoms with Crippen LogP contribution in [0.2, 0.25) is 0 Å². The molecule has 0 fully saturated rings. The molecule has 1 heterocycles. The van der Waals surface area contributed by atoms with E-state index in [1.165, 1.54) is 6.07 Å². The molecule has 1 aromatic heterocycles. The van der Waals surface area contributed by atoms with Crippen molar-refractivity contribution in [3.63, 3.8) is 0 Å². The molecular weight excluding hydrogens is 346 g/mol. The minimum absolute atomic E-state index is 0.290. The summed E-state index contributed by atoms with van der Waals surface area (Å²) in [6.45, 7) is 2.33. The maximum absolute atomic E-state index is 13.4. The molecule has 0 atom stereocenters. The molecular formula is C12H12FIN4. The molecule has 2 aromatic rings. The first-order chi connectivity index (χ1) is 8.56. The number of benzene rings is 1. The summed E-state index contributed by atoms with van der Waals surface area (Å²) >= 11 is 1.91. The Morgan fingerprint density at radius 1 is 1.33 bits per heavy atom. The van der Waals surface area contributed by atoms with Crippen LogP contribution in [0.5, 0.6) is 0 Å². The average Bonchev–Trinajstić information content (AvgIpc) is 2.34. The van der Waals surface area contributed by atoms with Gasteiger partial charge in [-0.2, -0.15) is 0 Å². The van der Waals surface area contributed by atoms with Gasteiger partial charge in [0.25, 0.3) is 0 Å². The fourth-order valence-electron chi connectivity index (χ4n) is 1.41. The maximum atomic E-state index is 13.4. The highest BCUT2D eigenvalue weighted by molar-refractivity contribution is 14.1. The van der Waals surface area contributed by atoms with E-state index >= 15 is 0 Å². The van der Waals surface area contributed by atoms with Gasteiger partial charge in [0.15, 0.2) is 0 Å². The van der Waals surface area contributed by atoms with Gasteiger partial charge in [-0.15, -0.1) is 0 Å². The molecule has 0 aliphatic heterocycles. The number of nitrogen functional groups attached to an aromatic ring is 1.